The van der Waals surface area contributed by atoms with E-state index in [0.29, 0.717) is 0 Å². The van der Waals surface area contributed by atoms with E-state index >= 15 is 0 Å². The molecule has 3 atom stereocenters. The van der Waals surface area contributed by atoms with E-state index in [1.165, 1.54) is 24.3 Å². The first-order valence-electron chi connectivity index (χ1n) is 16.3. The summed E-state index contributed by atoms with van der Waals surface area (Å²) in [4.78, 5) is 51.4. The van der Waals surface area contributed by atoms with Gasteiger partial charge in [-0.2, -0.15) is 0 Å². The first-order valence-corrected chi connectivity index (χ1v) is 16.3. The van der Waals surface area contributed by atoms with Gasteiger partial charge < -0.3 is 40.6 Å². The van der Waals surface area contributed by atoms with Crippen LogP contribution in [-0.2, 0) is 32.0 Å². The molecule has 12 nitrogen and oxygen atoms in total. The monoisotopic (exact) mass is 712 g/mol. The van der Waals surface area contributed by atoms with Gasteiger partial charge in [-0.15, -0.1) is 0 Å². The van der Waals surface area contributed by atoms with Crippen LogP contribution in [0.15, 0.2) is 72.8 Å². The van der Waals surface area contributed by atoms with E-state index in [1.807, 2.05) is 30.3 Å². The van der Waals surface area contributed by atoms with E-state index in [1.54, 1.807) is 41.5 Å². The zero-order chi connectivity index (χ0) is 37.8. The number of hydrogen-bond donors (Lipinski definition) is 5. The number of nitrogens with one attached hydrogen (secondary N) is 4. The van der Waals surface area contributed by atoms with Gasteiger partial charge in [0.05, 0.1) is 25.3 Å². The maximum absolute atomic E-state index is 14.4. The Kier molecular flexibility index (Phi) is 14.4. The number of ether oxygens (including phenoxy) is 3. The van der Waals surface area contributed by atoms with Crippen LogP contribution >= 0.6 is 0 Å². The van der Waals surface area contributed by atoms with Crippen LogP contribution < -0.4 is 21.3 Å². The highest BCUT2D eigenvalue weighted by Gasteiger charge is 2.30. The number of benzene rings is 3. The Balaban J connectivity index is 1.68. The largest absolute Gasteiger partial charge is 0.444 e. The van der Waals surface area contributed by atoms with Crippen molar-refractivity contribution in [2.24, 2.45) is 0 Å². The zero-order valence-electron chi connectivity index (χ0n) is 29.5. The molecule has 0 heterocycles. The number of aliphatic hydroxyl groups is 1. The molecule has 3 aromatic rings. The lowest BCUT2D eigenvalue weighted by Gasteiger charge is -2.26. The van der Waals surface area contributed by atoms with Gasteiger partial charge in [0, 0.05) is 17.8 Å². The molecule has 3 rings (SSSR count). The van der Waals surface area contributed by atoms with Crippen molar-refractivity contribution in [2.45, 2.75) is 84.0 Å². The van der Waals surface area contributed by atoms with Gasteiger partial charge in [0.15, 0.2) is 6.10 Å². The normalized spacial score (nSPS) is 13.3. The fraction of sp³-hybridized carbons (Fsp3) is 0.405. The van der Waals surface area contributed by atoms with E-state index in [-0.39, 0.29) is 43.0 Å². The minimum Gasteiger partial charge on any atom is -0.444 e. The Bertz CT molecular complexity index is 1640. The molecule has 276 valence electrons. The smallest absolute Gasteiger partial charge is 0.408 e. The summed E-state index contributed by atoms with van der Waals surface area (Å²) in [6.45, 7) is 9.73. The van der Waals surface area contributed by atoms with Crippen molar-refractivity contribution < 1.29 is 47.3 Å². The number of halogens is 2. The highest BCUT2D eigenvalue weighted by molar-refractivity contribution is 5.98. The number of aliphatic hydroxyl groups excluding tert-OH is 1. The van der Waals surface area contributed by atoms with Crippen molar-refractivity contribution in [2.75, 3.05) is 18.5 Å². The zero-order valence-corrected chi connectivity index (χ0v) is 29.5. The summed E-state index contributed by atoms with van der Waals surface area (Å²) in [5, 5.41) is 21.2. The first-order chi connectivity index (χ1) is 23.9. The number of carbonyl (C=O) groups is 4. The van der Waals surface area contributed by atoms with Gasteiger partial charge in [-0.1, -0.05) is 36.4 Å². The number of rotatable bonds is 14. The SMILES string of the molecule is CC(C)(C)OC(=O)NC(CNC(=O)c1cccc(NC(=O)C(O)C(COCc2ccccc2)NC(=O)OC(C)(C)C)c1)Cc1cc(F)ccc1F. The summed E-state index contributed by atoms with van der Waals surface area (Å²) < 4.78 is 44.6. The average molecular weight is 713 g/mol. The van der Waals surface area contributed by atoms with Crippen LogP contribution in [0.3, 0.4) is 0 Å². The number of anilines is 1. The van der Waals surface area contributed by atoms with Gasteiger partial charge in [-0.3, -0.25) is 9.59 Å². The molecule has 0 saturated carbocycles. The maximum Gasteiger partial charge on any atom is 0.408 e. The quantitative estimate of drug-likeness (QED) is 0.152. The molecule has 0 saturated heterocycles. The van der Waals surface area contributed by atoms with Crippen LogP contribution in [0.2, 0.25) is 0 Å². The molecule has 3 aromatic carbocycles. The molecular formula is C37H46F2N4O8. The standard InChI is InChI=1S/C37H46F2N4O8/c1-36(2,3)50-34(47)42-28(19-25-17-26(38)15-16-29(25)39)20-40-32(45)24-13-10-14-27(18-24)41-33(46)31(44)30(43-35(48)51-37(4,5)6)22-49-21-23-11-8-7-9-12-23/h7-18,28,30-31,44H,19-22H2,1-6H3,(H,40,45)(H,41,46)(H,42,47)(H,43,48). The second-order valence-electron chi connectivity index (χ2n) is 13.8. The van der Waals surface area contributed by atoms with Crippen LogP contribution in [0.25, 0.3) is 0 Å². The van der Waals surface area contributed by atoms with Gasteiger partial charge in [0.25, 0.3) is 11.8 Å². The second-order valence-corrected chi connectivity index (χ2v) is 13.8. The average Bonchev–Trinajstić information content (AvgIpc) is 3.03. The van der Waals surface area contributed by atoms with Crippen LogP contribution in [0, 0.1) is 11.6 Å². The summed E-state index contributed by atoms with van der Waals surface area (Å²) in [6.07, 6.45) is -3.62. The van der Waals surface area contributed by atoms with Gasteiger partial charge >= 0.3 is 12.2 Å². The molecule has 5 N–H and O–H groups in total. The molecular weight excluding hydrogens is 666 g/mol. The molecule has 51 heavy (non-hydrogen) atoms. The molecule has 0 aliphatic rings. The van der Waals surface area contributed by atoms with Gasteiger partial charge in [0.1, 0.15) is 22.8 Å². The summed E-state index contributed by atoms with van der Waals surface area (Å²) in [7, 11) is 0. The third kappa shape index (κ3) is 14.7. The molecule has 0 radical (unpaired) electrons. The predicted octanol–water partition coefficient (Wildman–Crippen LogP) is 5.24. The van der Waals surface area contributed by atoms with Crippen molar-refractivity contribution in [3.63, 3.8) is 0 Å². The molecule has 0 aromatic heterocycles. The summed E-state index contributed by atoms with van der Waals surface area (Å²) >= 11 is 0. The Labute approximate surface area is 296 Å². The van der Waals surface area contributed by atoms with E-state index in [2.05, 4.69) is 21.3 Å². The Morgan fingerprint density at radius 3 is 2.10 bits per heavy atom. The highest BCUT2D eigenvalue weighted by Crippen LogP contribution is 2.16. The summed E-state index contributed by atoms with van der Waals surface area (Å²) in [5.74, 6) is -2.85. The van der Waals surface area contributed by atoms with Crippen molar-refractivity contribution in [1.82, 2.24) is 16.0 Å². The van der Waals surface area contributed by atoms with Gasteiger partial charge in [-0.05, 0) is 95.5 Å². The minimum atomic E-state index is -1.78. The van der Waals surface area contributed by atoms with E-state index in [4.69, 9.17) is 14.2 Å². The Morgan fingerprint density at radius 2 is 1.45 bits per heavy atom. The van der Waals surface area contributed by atoms with Crippen molar-refractivity contribution in [1.29, 1.82) is 0 Å². The Morgan fingerprint density at radius 1 is 0.804 bits per heavy atom. The number of hydrogen-bond acceptors (Lipinski definition) is 8. The number of carbonyl (C=O) groups excluding carboxylic acids is 4. The van der Waals surface area contributed by atoms with Crippen LogP contribution in [0.4, 0.5) is 24.1 Å². The summed E-state index contributed by atoms with van der Waals surface area (Å²) in [5.41, 5.74) is -0.589. The van der Waals surface area contributed by atoms with Crippen LogP contribution in [0.5, 0.6) is 0 Å². The summed E-state index contributed by atoms with van der Waals surface area (Å²) in [6, 6.07) is 15.8. The lowest BCUT2D eigenvalue weighted by atomic mass is 10.0. The van der Waals surface area contributed by atoms with E-state index in [9.17, 15) is 33.1 Å². The van der Waals surface area contributed by atoms with E-state index < -0.39 is 65.0 Å². The topological polar surface area (TPSA) is 164 Å². The van der Waals surface area contributed by atoms with Crippen LogP contribution in [0.1, 0.15) is 63.0 Å². The fourth-order valence-corrected chi connectivity index (χ4v) is 4.62. The maximum atomic E-state index is 14.4. The van der Waals surface area contributed by atoms with Crippen LogP contribution in [-0.4, -0.2) is 71.6 Å². The minimum absolute atomic E-state index is 0.0153. The number of alkyl carbamates (subject to hydrolysis) is 2. The molecule has 4 amide bonds. The lowest BCUT2D eigenvalue weighted by molar-refractivity contribution is -0.126. The van der Waals surface area contributed by atoms with Crippen molar-refractivity contribution in [3.8, 4) is 0 Å². The third-order valence-corrected chi connectivity index (χ3v) is 6.86. The predicted molar refractivity (Wildman–Crippen MR) is 186 cm³/mol. The Hall–Kier alpha value is -5.08. The lowest BCUT2D eigenvalue weighted by Crippen LogP contribution is -2.52. The fourth-order valence-electron chi connectivity index (χ4n) is 4.62. The van der Waals surface area contributed by atoms with Gasteiger partial charge in [0.2, 0.25) is 0 Å². The number of amides is 4. The van der Waals surface area contributed by atoms with E-state index in [0.717, 1.165) is 23.8 Å². The highest BCUT2D eigenvalue weighted by atomic mass is 19.1. The molecule has 0 aliphatic heterocycles. The first kappa shape index (κ1) is 40.4. The molecule has 0 spiro atoms. The third-order valence-electron chi connectivity index (χ3n) is 6.86. The molecule has 0 aliphatic carbocycles. The molecule has 0 fully saturated rings. The molecule has 0 bridgehead atoms. The molecule has 3 unspecified atom stereocenters. The second kappa shape index (κ2) is 18.2. The van der Waals surface area contributed by atoms with Crippen molar-refractivity contribution >= 4 is 29.7 Å². The van der Waals surface area contributed by atoms with Gasteiger partial charge in [-0.25, -0.2) is 18.4 Å². The van der Waals surface area contributed by atoms with Crippen molar-refractivity contribution in [3.05, 3.63) is 101 Å². The molecule has 14 heteroatoms.